The second kappa shape index (κ2) is 4.81. The molecule has 0 bridgehead atoms. The van der Waals surface area contributed by atoms with E-state index >= 15 is 0 Å². The summed E-state index contributed by atoms with van der Waals surface area (Å²) in [5.74, 6) is 0.407. The Kier molecular flexibility index (Phi) is 3.14. The molecule has 0 saturated carbocycles. The molecule has 5 heteroatoms. The third-order valence-corrected chi connectivity index (χ3v) is 3.96. The average Bonchev–Trinajstić information content (AvgIpc) is 2.84. The van der Waals surface area contributed by atoms with Gasteiger partial charge in [-0.05, 0) is 37.8 Å². The van der Waals surface area contributed by atoms with Crippen molar-refractivity contribution in [3.8, 4) is 0 Å². The number of pyridine rings is 1. The number of carbonyl (C=O) groups is 1. The van der Waals surface area contributed by atoms with E-state index in [1.807, 2.05) is 6.07 Å². The maximum Gasteiger partial charge on any atom is 0.252 e. The van der Waals surface area contributed by atoms with Gasteiger partial charge in [0.2, 0.25) is 0 Å². The van der Waals surface area contributed by atoms with Gasteiger partial charge in [-0.1, -0.05) is 0 Å². The van der Waals surface area contributed by atoms with Gasteiger partial charge < -0.3 is 16.0 Å². The molecular weight excluding hydrogens is 240 g/mol. The Morgan fingerprint density at radius 2 is 2.37 bits per heavy atom. The number of aromatic nitrogens is 1. The number of carbonyl (C=O) groups excluding carboxylic acids is 1. The highest BCUT2D eigenvalue weighted by Gasteiger charge is 2.24. The molecule has 5 nitrogen and oxygen atoms in total. The summed E-state index contributed by atoms with van der Waals surface area (Å²) in [7, 11) is 0. The molecular formula is C14H20N4O. The first kappa shape index (κ1) is 12.4. The molecule has 0 radical (unpaired) electrons. The molecule has 1 saturated heterocycles. The SMILES string of the molecule is CC1CN(c2nc3c(cc2C(N)=O)CCC3)CCN1. The first-order valence-electron chi connectivity index (χ1n) is 6.96. The minimum atomic E-state index is -0.372. The van der Waals surface area contributed by atoms with Crippen LogP contribution in [0.5, 0.6) is 0 Å². The summed E-state index contributed by atoms with van der Waals surface area (Å²) in [5.41, 5.74) is 8.45. The largest absolute Gasteiger partial charge is 0.365 e. The van der Waals surface area contributed by atoms with Crippen LogP contribution < -0.4 is 16.0 Å². The van der Waals surface area contributed by atoms with Crippen LogP contribution in [-0.2, 0) is 12.8 Å². The number of anilines is 1. The van der Waals surface area contributed by atoms with Crippen LogP contribution in [0.2, 0.25) is 0 Å². The number of rotatable bonds is 2. The van der Waals surface area contributed by atoms with Crippen LogP contribution in [0.1, 0.15) is 35.0 Å². The fraction of sp³-hybridized carbons (Fsp3) is 0.571. The van der Waals surface area contributed by atoms with Crippen LogP contribution in [-0.4, -0.2) is 36.6 Å². The lowest BCUT2D eigenvalue weighted by Crippen LogP contribution is -2.50. The van der Waals surface area contributed by atoms with Crippen LogP contribution in [0.15, 0.2) is 6.07 Å². The highest BCUT2D eigenvalue weighted by Crippen LogP contribution is 2.27. The summed E-state index contributed by atoms with van der Waals surface area (Å²) < 4.78 is 0. The predicted octanol–water partition coefficient (Wildman–Crippen LogP) is 0.467. The van der Waals surface area contributed by atoms with Gasteiger partial charge in [-0.2, -0.15) is 0 Å². The van der Waals surface area contributed by atoms with Crippen molar-refractivity contribution in [2.75, 3.05) is 24.5 Å². The van der Waals surface area contributed by atoms with Crippen molar-refractivity contribution in [2.45, 2.75) is 32.2 Å². The van der Waals surface area contributed by atoms with Crippen LogP contribution in [0.4, 0.5) is 5.82 Å². The van der Waals surface area contributed by atoms with Gasteiger partial charge in [0.15, 0.2) is 0 Å². The van der Waals surface area contributed by atoms with Crippen molar-refractivity contribution in [2.24, 2.45) is 5.73 Å². The third kappa shape index (κ3) is 2.30. The van der Waals surface area contributed by atoms with Crippen LogP contribution in [0.3, 0.4) is 0 Å². The van der Waals surface area contributed by atoms with E-state index in [9.17, 15) is 4.79 Å². The number of fused-ring (bicyclic) bond motifs is 1. The molecule has 3 N–H and O–H groups in total. The first-order chi connectivity index (χ1) is 9.15. The molecule has 1 aliphatic heterocycles. The molecule has 1 aromatic rings. The summed E-state index contributed by atoms with van der Waals surface area (Å²) in [5, 5.41) is 3.40. The maximum absolute atomic E-state index is 11.7. The molecule has 19 heavy (non-hydrogen) atoms. The van der Waals surface area contributed by atoms with E-state index in [-0.39, 0.29) is 5.91 Å². The minimum Gasteiger partial charge on any atom is -0.365 e. The predicted molar refractivity (Wildman–Crippen MR) is 74.5 cm³/mol. The number of nitrogens with one attached hydrogen (secondary N) is 1. The zero-order valence-electron chi connectivity index (χ0n) is 11.3. The van der Waals surface area contributed by atoms with Gasteiger partial charge in [0.25, 0.3) is 5.91 Å². The van der Waals surface area contributed by atoms with Gasteiger partial charge in [0.1, 0.15) is 5.82 Å². The monoisotopic (exact) mass is 260 g/mol. The zero-order valence-corrected chi connectivity index (χ0v) is 11.3. The number of piperazine rings is 1. The van der Waals surface area contributed by atoms with E-state index in [2.05, 4.69) is 17.1 Å². The normalized spacial score (nSPS) is 22.4. The number of hydrogen-bond donors (Lipinski definition) is 2. The fourth-order valence-corrected chi connectivity index (χ4v) is 3.01. The smallest absolute Gasteiger partial charge is 0.252 e. The Balaban J connectivity index is 2.01. The van der Waals surface area contributed by atoms with E-state index in [4.69, 9.17) is 10.7 Å². The Bertz CT molecular complexity index is 514. The van der Waals surface area contributed by atoms with Gasteiger partial charge >= 0.3 is 0 Å². The number of aryl methyl sites for hydroxylation is 2. The summed E-state index contributed by atoms with van der Waals surface area (Å²) in [6, 6.07) is 2.37. The molecule has 102 valence electrons. The van der Waals surface area contributed by atoms with Gasteiger partial charge in [-0.25, -0.2) is 4.98 Å². The third-order valence-electron chi connectivity index (χ3n) is 3.96. The molecule has 1 aliphatic carbocycles. The Morgan fingerprint density at radius 1 is 1.53 bits per heavy atom. The summed E-state index contributed by atoms with van der Waals surface area (Å²) >= 11 is 0. The zero-order chi connectivity index (χ0) is 13.4. The van der Waals surface area contributed by atoms with Gasteiger partial charge in [0, 0.05) is 31.4 Å². The van der Waals surface area contributed by atoms with Crippen molar-refractivity contribution in [1.29, 1.82) is 0 Å². The van der Waals surface area contributed by atoms with Gasteiger partial charge in [-0.15, -0.1) is 0 Å². The molecule has 0 spiro atoms. The summed E-state index contributed by atoms with van der Waals surface area (Å²) in [6.07, 6.45) is 3.16. The van der Waals surface area contributed by atoms with E-state index in [1.165, 1.54) is 5.56 Å². The van der Waals surface area contributed by atoms with Gasteiger partial charge in [-0.3, -0.25) is 4.79 Å². The average molecular weight is 260 g/mol. The number of nitrogens with two attached hydrogens (primary N) is 1. The Hall–Kier alpha value is -1.62. The lowest BCUT2D eigenvalue weighted by Gasteiger charge is -2.33. The maximum atomic E-state index is 11.7. The fourth-order valence-electron chi connectivity index (χ4n) is 3.01. The van der Waals surface area contributed by atoms with Crippen molar-refractivity contribution < 1.29 is 4.79 Å². The molecule has 1 atom stereocenters. The second-order valence-corrected chi connectivity index (χ2v) is 5.48. The quantitative estimate of drug-likeness (QED) is 0.811. The van der Waals surface area contributed by atoms with Crippen LogP contribution in [0, 0.1) is 0 Å². The van der Waals surface area contributed by atoms with Crippen molar-refractivity contribution in [1.82, 2.24) is 10.3 Å². The lowest BCUT2D eigenvalue weighted by atomic mass is 10.1. The van der Waals surface area contributed by atoms with Crippen LogP contribution >= 0.6 is 0 Å². The molecule has 1 amide bonds. The Morgan fingerprint density at radius 3 is 3.11 bits per heavy atom. The highest BCUT2D eigenvalue weighted by molar-refractivity contribution is 5.98. The van der Waals surface area contributed by atoms with E-state index in [0.717, 1.165) is 50.4 Å². The van der Waals surface area contributed by atoms with Crippen molar-refractivity contribution >= 4 is 11.7 Å². The molecule has 2 heterocycles. The summed E-state index contributed by atoms with van der Waals surface area (Å²) in [6.45, 7) is 4.80. The number of amides is 1. The molecule has 3 rings (SSSR count). The minimum absolute atomic E-state index is 0.372. The summed E-state index contributed by atoms with van der Waals surface area (Å²) in [4.78, 5) is 18.6. The number of hydrogen-bond acceptors (Lipinski definition) is 4. The molecule has 1 unspecified atom stereocenters. The Labute approximate surface area is 113 Å². The molecule has 2 aliphatic rings. The standard InChI is InChI=1S/C14H20N4O/c1-9-8-18(6-5-16-9)14-11(13(15)19)7-10-3-2-4-12(10)17-14/h7,9,16H,2-6,8H2,1H3,(H2,15,19). The first-order valence-corrected chi connectivity index (χ1v) is 6.96. The molecule has 1 fully saturated rings. The van der Waals surface area contributed by atoms with Crippen molar-refractivity contribution in [3.05, 3.63) is 22.9 Å². The lowest BCUT2D eigenvalue weighted by molar-refractivity contribution is 0.1000. The second-order valence-electron chi connectivity index (χ2n) is 5.48. The molecule has 1 aromatic heterocycles. The number of nitrogens with zero attached hydrogens (tertiary/aromatic N) is 2. The highest BCUT2D eigenvalue weighted by atomic mass is 16.1. The topological polar surface area (TPSA) is 71.2 Å². The van der Waals surface area contributed by atoms with Crippen LogP contribution in [0.25, 0.3) is 0 Å². The van der Waals surface area contributed by atoms with E-state index in [0.29, 0.717) is 11.6 Å². The number of primary amides is 1. The van der Waals surface area contributed by atoms with Gasteiger partial charge in [0.05, 0.1) is 5.56 Å². The van der Waals surface area contributed by atoms with E-state index < -0.39 is 0 Å². The van der Waals surface area contributed by atoms with E-state index in [1.54, 1.807) is 0 Å². The van der Waals surface area contributed by atoms with Crippen molar-refractivity contribution in [3.63, 3.8) is 0 Å². The molecule has 0 aromatic carbocycles.